The van der Waals surface area contributed by atoms with Crippen molar-refractivity contribution in [3.8, 4) is 11.1 Å². The molecule has 236 valence electrons. The molecule has 0 unspecified atom stereocenters. The molecule has 46 heavy (non-hydrogen) atoms. The summed E-state index contributed by atoms with van der Waals surface area (Å²) in [6.07, 6.45) is 18.3. The van der Waals surface area contributed by atoms with E-state index in [4.69, 9.17) is 8.83 Å². The Balaban J connectivity index is 1.15. The number of rotatable bonds is 15. The molecule has 2 nitrogen and oxygen atoms in total. The number of furan rings is 2. The molecule has 0 aliphatic carbocycles. The molecule has 5 aromatic carbocycles. The fourth-order valence-corrected chi connectivity index (χ4v) is 7.30. The summed E-state index contributed by atoms with van der Waals surface area (Å²) in [5.41, 5.74) is 9.04. The number of hydrogen-bond donors (Lipinski definition) is 0. The highest BCUT2D eigenvalue weighted by Crippen LogP contribution is 2.39. The Hall–Kier alpha value is -4.04. The molecule has 0 aliphatic rings. The van der Waals surface area contributed by atoms with E-state index in [-0.39, 0.29) is 0 Å². The lowest BCUT2D eigenvalue weighted by atomic mass is 9.98. The van der Waals surface area contributed by atoms with Crippen molar-refractivity contribution in [2.24, 2.45) is 0 Å². The van der Waals surface area contributed by atoms with E-state index >= 15 is 0 Å². The van der Waals surface area contributed by atoms with E-state index in [1.54, 1.807) is 0 Å². The Kier molecular flexibility index (Phi) is 9.42. The third kappa shape index (κ3) is 6.59. The van der Waals surface area contributed by atoms with Crippen molar-refractivity contribution >= 4 is 54.6 Å². The van der Waals surface area contributed by atoms with Gasteiger partial charge >= 0.3 is 0 Å². The Morgan fingerprint density at radius 1 is 0.391 bits per heavy atom. The maximum atomic E-state index is 6.49. The molecule has 0 atom stereocenters. The predicted octanol–water partition coefficient (Wildman–Crippen LogP) is 14.1. The average Bonchev–Trinajstić information content (AvgIpc) is 3.62. The molecule has 0 radical (unpaired) electrons. The van der Waals surface area contributed by atoms with Crippen LogP contribution in [0.15, 0.2) is 93.8 Å². The zero-order valence-electron chi connectivity index (χ0n) is 27.8. The van der Waals surface area contributed by atoms with Crippen molar-refractivity contribution in [2.75, 3.05) is 0 Å². The highest BCUT2D eigenvalue weighted by molar-refractivity contribution is 6.17. The number of aryl methyl sites for hydroxylation is 2. The van der Waals surface area contributed by atoms with Gasteiger partial charge in [0, 0.05) is 21.5 Å². The molecule has 0 saturated carbocycles. The summed E-state index contributed by atoms with van der Waals surface area (Å²) < 4.78 is 12.9. The van der Waals surface area contributed by atoms with Crippen LogP contribution in [0, 0.1) is 0 Å². The second-order valence-electron chi connectivity index (χ2n) is 13.5. The Morgan fingerprint density at radius 3 is 1.67 bits per heavy atom. The summed E-state index contributed by atoms with van der Waals surface area (Å²) in [7, 11) is 0. The summed E-state index contributed by atoms with van der Waals surface area (Å²) in [5.74, 6) is 0. The van der Waals surface area contributed by atoms with Crippen LogP contribution in [0.25, 0.3) is 65.8 Å². The summed E-state index contributed by atoms with van der Waals surface area (Å²) in [6, 6.07) is 31.5. The molecule has 0 saturated heterocycles. The smallest absolute Gasteiger partial charge is 0.136 e. The monoisotopic (exact) mass is 608 g/mol. The SMILES string of the molecule is CCCCCCCCc1cccc(-c2ccc3oc4cc5c(cc4c3c2)oc2cc3ccc(CCCCCCCC)cc3cc25)c1. The predicted molar refractivity (Wildman–Crippen MR) is 198 cm³/mol. The molecule has 2 aromatic heterocycles. The van der Waals surface area contributed by atoms with Crippen LogP contribution < -0.4 is 0 Å². The van der Waals surface area contributed by atoms with Gasteiger partial charge in [0.2, 0.25) is 0 Å². The maximum Gasteiger partial charge on any atom is 0.136 e. The van der Waals surface area contributed by atoms with Gasteiger partial charge in [0.15, 0.2) is 0 Å². The fourth-order valence-electron chi connectivity index (χ4n) is 7.30. The summed E-state index contributed by atoms with van der Waals surface area (Å²) in [5, 5.41) is 7.04. The lowest BCUT2D eigenvalue weighted by Gasteiger charge is -2.06. The van der Waals surface area contributed by atoms with Gasteiger partial charge in [-0.05, 0) is 95.1 Å². The van der Waals surface area contributed by atoms with E-state index in [0.29, 0.717) is 0 Å². The normalized spacial score (nSPS) is 12.0. The lowest BCUT2D eigenvalue weighted by Crippen LogP contribution is -1.88. The van der Waals surface area contributed by atoms with Gasteiger partial charge in [0.1, 0.15) is 22.3 Å². The quantitative estimate of drug-likeness (QED) is 0.108. The standard InChI is InChI=1S/C44H48O2/c1-3-5-7-9-11-13-16-31-18-15-19-33(24-31)34-22-23-41-37(26-34)39-29-44-40(30-43(39)45-41)38-27-36-25-32(17-14-12-10-8-6-4-2)20-21-35(36)28-42(38)46-44/h15,18-30H,3-14,16-17H2,1-2H3. The second kappa shape index (κ2) is 14.2. The molecular weight excluding hydrogens is 560 g/mol. The third-order valence-electron chi connectivity index (χ3n) is 9.98. The minimum Gasteiger partial charge on any atom is -0.456 e. The first-order chi connectivity index (χ1) is 22.7. The van der Waals surface area contributed by atoms with Gasteiger partial charge in [-0.25, -0.2) is 0 Å². The van der Waals surface area contributed by atoms with Crippen molar-refractivity contribution in [1.29, 1.82) is 0 Å². The molecule has 0 bridgehead atoms. The number of unbranched alkanes of at least 4 members (excludes halogenated alkanes) is 10. The van der Waals surface area contributed by atoms with E-state index in [2.05, 4.69) is 98.8 Å². The van der Waals surface area contributed by atoms with E-state index in [1.807, 2.05) is 0 Å². The first kappa shape index (κ1) is 30.6. The molecule has 0 N–H and O–H groups in total. The van der Waals surface area contributed by atoms with E-state index < -0.39 is 0 Å². The van der Waals surface area contributed by atoms with Gasteiger partial charge < -0.3 is 8.83 Å². The molecule has 2 heterocycles. The van der Waals surface area contributed by atoms with E-state index in [9.17, 15) is 0 Å². The number of benzene rings is 5. The first-order valence-corrected chi connectivity index (χ1v) is 18.0. The third-order valence-corrected chi connectivity index (χ3v) is 9.98. The molecular formula is C44H48O2. The van der Waals surface area contributed by atoms with Crippen LogP contribution in [0.2, 0.25) is 0 Å². The van der Waals surface area contributed by atoms with Crippen molar-refractivity contribution in [3.63, 3.8) is 0 Å². The topological polar surface area (TPSA) is 26.3 Å². The van der Waals surface area contributed by atoms with E-state index in [0.717, 1.165) is 56.7 Å². The zero-order valence-corrected chi connectivity index (χ0v) is 27.8. The molecule has 2 heteroatoms. The summed E-state index contributed by atoms with van der Waals surface area (Å²) in [6.45, 7) is 4.56. The van der Waals surface area contributed by atoms with E-state index in [1.165, 1.54) is 110 Å². The minimum atomic E-state index is 0.913. The van der Waals surface area contributed by atoms with Gasteiger partial charge in [0.05, 0.1) is 0 Å². The second-order valence-corrected chi connectivity index (χ2v) is 13.5. The van der Waals surface area contributed by atoms with Crippen molar-refractivity contribution in [2.45, 2.75) is 104 Å². The highest BCUT2D eigenvalue weighted by atomic mass is 16.3. The molecule has 0 spiro atoms. The lowest BCUT2D eigenvalue weighted by molar-refractivity contribution is 0.607. The van der Waals surface area contributed by atoms with Crippen LogP contribution in [0.3, 0.4) is 0 Å². The van der Waals surface area contributed by atoms with Gasteiger partial charge in [-0.2, -0.15) is 0 Å². The number of hydrogen-bond acceptors (Lipinski definition) is 2. The van der Waals surface area contributed by atoms with Crippen molar-refractivity contribution in [1.82, 2.24) is 0 Å². The summed E-state index contributed by atoms with van der Waals surface area (Å²) >= 11 is 0. The highest BCUT2D eigenvalue weighted by Gasteiger charge is 2.15. The molecule has 7 rings (SSSR count). The fraction of sp³-hybridized carbons (Fsp3) is 0.364. The van der Waals surface area contributed by atoms with Gasteiger partial charge in [-0.3, -0.25) is 0 Å². The molecule has 0 fully saturated rings. The van der Waals surface area contributed by atoms with Gasteiger partial charge in [-0.1, -0.05) is 127 Å². The van der Waals surface area contributed by atoms with Crippen LogP contribution in [0.5, 0.6) is 0 Å². The van der Waals surface area contributed by atoms with Crippen molar-refractivity contribution < 1.29 is 8.83 Å². The Bertz CT molecular complexity index is 2090. The van der Waals surface area contributed by atoms with Crippen LogP contribution >= 0.6 is 0 Å². The Labute approximate surface area is 273 Å². The number of fused-ring (bicyclic) bond motifs is 7. The van der Waals surface area contributed by atoms with Gasteiger partial charge in [0.25, 0.3) is 0 Å². The summed E-state index contributed by atoms with van der Waals surface area (Å²) in [4.78, 5) is 0. The van der Waals surface area contributed by atoms with Crippen LogP contribution in [0.1, 0.15) is 102 Å². The van der Waals surface area contributed by atoms with Crippen LogP contribution in [-0.4, -0.2) is 0 Å². The van der Waals surface area contributed by atoms with Crippen LogP contribution in [0.4, 0.5) is 0 Å². The Morgan fingerprint density at radius 2 is 0.957 bits per heavy atom. The molecule has 0 aliphatic heterocycles. The van der Waals surface area contributed by atoms with Crippen molar-refractivity contribution in [3.05, 3.63) is 96.1 Å². The largest absolute Gasteiger partial charge is 0.456 e. The first-order valence-electron chi connectivity index (χ1n) is 18.0. The molecule has 0 amide bonds. The maximum absolute atomic E-state index is 6.49. The van der Waals surface area contributed by atoms with Crippen LogP contribution in [-0.2, 0) is 12.8 Å². The molecule has 7 aromatic rings. The minimum absolute atomic E-state index is 0.913. The zero-order chi connectivity index (χ0) is 31.3. The average molecular weight is 609 g/mol. The van der Waals surface area contributed by atoms with Gasteiger partial charge in [-0.15, -0.1) is 0 Å².